The van der Waals surface area contributed by atoms with E-state index in [-0.39, 0.29) is 24.3 Å². The number of amides is 3. The predicted molar refractivity (Wildman–Crippen MR) is 128 cm³/mol. The lowest BCUT2D eigenvalue weighted by molar-refractivity contribution is -0.159. The molecule has 4 rings (SSSR count). The van der Waals surface area contributed by atoms with Crippen LogP contribution in [0.25, 0.3) is 0 Å². The van der Waals surface area contributed by atoms with E-state index in [1.165, 1.54) is 4.90 Å². The van der Waals surface area contributed by atoms with E-state index in [4.69, 9.17) is 4.74 Å². The minimum Gasteiger partial charge on any atom is -0.394 e. The number of hydrogen-bond acceptors (Lipinski definition) is 5. The number of carbonyl (C=O) groups excluding carboxylic acids is 3. The number of fused-ring (bicyclic) bond motifs is 2. The van der Waals surface area contributed by atoms with Gasteiger partial charge in [-0.15, -0.1) is 0 Å². The lowest BCUT2D eigenvalue weighted by atomic mass is 9.73. The number of rotatable bonds is 5. The first-order valence-electron chi connectivity index (χ1n) is 12.6. The lowest BCUT2D eigenvalue weighted by Crippen LogP contribution is -2.60. The summed E-state index contributed by atoms with van der Waals surface area (Å²) in [6.07, 6.45) is 9.01. The molecule has 0 radical (unpaired) electrons. The maximum Gasteiger partial charge on any atom is 0.249 e. The van der Waals surface area contributed by atoms with Gasteiger partial charge in [0.25, 0.3) is 0 Å². The van der Waals surface area contributed by atoms with Crippen LogP contribution in [-0.2, 0) is 19.1 Å². The van der Waals surface area contributed by atoms with Gasteiger partial charge >= 0.3 is 0 Å². The summed E-state index contributed by atoms with van der Waals surface area (Å²) in [4.78, 5) is 47.2. The summed E-state index contributed by atoms with van der Waals surface area (Å²) in [5, 5.41) is 10.0. The van der Waals surface area contributed by atoms with Gasteiger partial charge in [0, 0.05) is 25.2 Å². The first kappa shape index (κ1) is 24.9. The predicted octanol–water partition coefficient (Wildman–Crippen LogP) is 1.73. The van der Waals surface area contributed by atoms with Crippen LogP contribution in [0.2, 0.25) is 0 Å². The highest BCUT2D eigenvalue weighted by molar-refractivity contribution is 6.00. The van der Waals surface area contributed by atoms with E-state index in [0.717, 1.165) is 6.42 Å². The molecule has 0 aromatic carbocycles. The second kappa shape index (κ2) is 8.48. The number of aliphatic hydroxyl groups excluding tert-OH is 1. The highest BCUT2D eigenvalue weighted by Crippen LogP contribution is 2.59. The number of nitrogens with zero attached hydrogens (tertiary/aromatic N) is 3. The standard InChI is InChI=1S/C26H39N3O5/c1-7-13-27-14-9-11-25(8-2)18(21(27)31)19-22(32)29(17(3)16-30)20-23(33)28(24(4,5)6)15-10-12-26(19,20)34-25/h9-12,17-20,30H,7-8,13-16H2,1-6H3/t17-,18+,19+,20?,25-,26+/m1/s1. The first-order chi connectivity index (χ1) is 16.0. The molecule has 4 aliphatic rings. The number of hydrogen-bond donors (Lipinski definition) is 1. The molecule has 0 aromatic heterocycles. The van der Waals surface area contributed by atoms with E-state index in [1.807, 2.05) is 58.9 Å². The molecule has 34 heavy (non-hydrogen) atoms. The quantitative estimate of drug-likeness (QED) is 0.615. The maximum absolute atomic E-state index is 14.1. The van der Waals surface area contributed by atoms with Crippen molar-refractivity contribution < 1.29 is 24.2 Å². The van der Waals surface area contributed by atoms with Crippen LogP contribution in [0.15, 0.2) is 24.3 Å². The van der Waals surface area contributed by atoms with Crippen LogP contribution in [0.1, 0.15) is 54.4 Å². The molecule has 3 amide bonds. The summed E-state index contributed by atoms with van der Waals surface area (Å²) in [5.74, 6) is -2.16. The van der Waals surface area contributed by atoms with Crippen molar-refractivity contribution in [3.05, 3.63) is 24.3 Å². The van der Waals surface area contributed by atoms with Crippen molar-refractivity contribution in [1.29, 1.82) is 0 Å². The number of carbonyl (C=O) groups is 3. The van der Waals surface area contributed by atoms with E-state index >= 15 is 0 Å². The van der Waals surface area contributed by atoms with E-state index < -0.39 is 40.7 Å². The van der Waals surface area contributed by atoms with E-state index in [1.54, 1.807) is 16.7 Å². The Kier molecular flexibility index (Phi) is 6.22. The molecule has 4 aliphatic heterocycles. The smallest absolute Gasteiger partial charge is 0.249 e. The van der Waals surface area contributed by atoms with Gasteiger partial charge in [0.05, 0.1) is 30.1 Å². The normalized spacial score (nSPS) is 36.4. The van der Waals surface area contributed by atoms with Crippen molar-refractivity contribution in [2.45, 2.75) is 83.2 Å². The molecule has 2 saturated heterocycles. The van der Waals surface area contributed by atoms with Gasteiger partial charge in [0.2, 0.25) is 17.7 Å². The Bertz CT molecular complexity index is 924. The van der Waals surface area contributed by atoms with Gasteiger partial charge in [-0.1, -0.05) is 38.2 Å². The Hall–Kier alpha value is -2.19. The van der Waals surface area contributed by atoms with Crippen molar-refractivity contribution >= 4 is 17.7 Å². The molecule has 0 aliphatic carbocycles. The molecule has 0 bridgehead atoms. The van der Waals surface area contributed by atoms with E-state index in [0.29, 0.717) is 26.1 Å². The largest absolute Gasteiger partial charge is 0.394 e. The van der Waals surface area contributed by atoms with Gasteiger partial charge in [-0.05, 0) is 40.5 Å². The number of likely N-dealkylation sites (tertiary alicyclic amines) is 1. The minimum atomic E-state index is -1.27. The second-order valence-electron chi connectivity index (χ2n) is 11.1. The third-order valence-corrected chi connectivity index (χ3v) is 8.00. The molecule has 6 atom stereocenters. The molecule has 2 fully saturated rings. The molecule has 0 aromatic rings. The van der Waals surface area contributed by atoms with Crippen LogP contribution in [0.3, 0.4) is 0 Å². The Morgan fingerprint density at radius 1 is 1.06 bits per heavy atom. The van der Waals surface area contributed by atoms with Crippen LogP contribution in [0.4, 0.5) is 0 Å². The van der Waals surface area contributed by atoms with Crippen molar-refractivity contribution in [1.82, 2.24) is 14.7 Å². The zero-order valence-corrected chi connectivity index (χ0v) is 21.3. The Labute approximate surface area is 202 Å². The number of ether oxygens (including phenoxy) is 1. The monoisotopic (exact) mass is 473 g/mol. The van der Waals surface area contributed by atoms with Gasteiger partial charge in [-0.3, -0.25) is 14.4 Å². The van der Waals surface area contributed by atoms with Crippen LogP contribution in [0.5, 0.6) is 0 Å². The van der Waals surface area contributed by atoms with Crippen LogP contribution in [-0.4, -0.2) is 92.6 Å². The Morgan fingerprint density at radius 2 is 1.74 bits per heavy atom. The van der Waals surface area contributed by atoms with Gasteiger partial charge in [-0.2, -0.15) is 0 Å². The van der Waals surface area contributed by atoms with E-state index in [9.17, 15) is 19.5 Å². The molecule has 8 nitrogen and oxygen atoms in total. The average Bonchev–Trinajstić information content (AvgIpc) is 3.08. The zero-order chi connectivity index (χ0) is 25.1. The summed E-state index contributed by atoms with van der Waals surface area (Å²) >= 11 is 0. The van der Waals surface area contributed by atoms with Gasteiger partial charge < -0.3 is 24.5 Å². The fourth-order valence-corrected chi connectivity index (χ4v) is 6.39. The van der Waals surface area contributed by atoms with Gasteiger partial charge in [0.1, 0.15) is 11.6 Å². The molecule has 188 valence electrons. The summed E-state index contributed by atoms with van der Waals surface area (Å²) in [5.41, 5.74) is -2.71. The fourth-order valence-electron chi connectivity index (χ4n) is 6.39. The van der Waals surface area contributed by atoms with Crippen molar-refractivity contribution in [3.8, 4) is 0 Å². The Morgan fingerprint density at radius 3 is 2.32 bits per heavy atom. The molecule has 0 saturated carbocycles. The summed E-state index contributed by atoms with van der Waals surface area (Å²) < 4.78 is 6.89. The SMILES string of the molecule is CCCN1CC=C[C@@]2(CC)O[C@]34C=CCN(C(C)(C)C)C(=O)C3N([C@H](C)CO)C(=O)[C@@H]4[C@H]2C1=O. The minimum absolute atomic E-state index is 0.0982. The molecule has 1 spiro atoms. The highest BCUT2D eigenvalue weighted by atomic mass is 16.5. The molecule has 1 N–H and O–H groups in total. The topological polar surface area (TPSA) is 90.4 Å². The Balaban J connectivity index is 1.92. The molecule has 1 unspecified atom stereocenters. The third kappa shape index (κ3) is 3.36. The lowest BCUT2D eigenvalue weighted by Gasteiger charge is -2.42. The van der Waals surface area contributed by atoms with Crippen molar-refractivity contribution in [2.24, 2.45) is 11.8 Å². The zero-order valence-electron chi connectivity index (χ0n) is 21.3. The first-order valence-corrected chi connectivity index (χ1v) is 12.6. The van der Waals surface area contributed by atoms with Gasteiger partial charge in [-0.25, -0.2) is 0 Å². The third-order valence-electron chi connectivity index (χ3n) is 8.00. The molecular weight excluding hydrogens is 434 g/mol. The molecular formula is C26H39N3O5. The fraction of sp³-hybridized carbons (Fsp3) is 0.731. The molecule has 8 heteroatoms. The van der Waals surface area contributed by atoms with Crippen LogP contribution in [0, 0.1) is 11.8 Å². The highest BCUT2D eigenvalue weighted by Gasteiger charge is 2.75. The van der Waals surface area contributed by atoms with Gasteiger partial charge in [0.15, 0.2) is 0 Å². The average molecular weight is 474 g/mol. The van der Waals surface area contributed by atoms with Crippen LogP contribution >= 0.6 is 0 Å². The van der Waals surface area contributed by atoms with Crippen LogP contribution < -0.4 is 0 Å². The van der Waals surface area contributed by atoms with E-state index in [2.05, 4.69) is 0 Å². The maximum atomic E-state index is 14.1. The van der Waals surface area contributed by atoms with Crippen molar-refractivity contribution in [2.75, 3.05) is 26.2 Å². The summed E-state index contributed by atoms with van der Waals surface area (Å²) in [6.45, 7) is 12.8. The number of aliphatic hydroxyl groups is 1. The van der Waals surface area contributed by atoms with Crippen molar-refractivity contribution in [3.63, 3.8) is 0 Å². The summed E-state index contributed by atoms with van der Waals surface area (Å²) in [6, 6.07) is -1.53. The summed E-state index contributed by atoms with van der Waals surface area (Å²) in [7, 11) is 0. The second-order valence-corrected chi connectivity index (χ2v) is 11.1. The molecule has 4 heterocycles.